The highest BCUT2D eigenvalue weighted by molar-refractivity contribution is 6.30. The topological polar surface area (TPSA) is 62.6 Å². The van der Waals surface area contributed by atoms with Gasteiger partial charge in [0, 0.05) is 11.1 Å². The van der Waals surface area contributed by atoms with Crippen LogP contribution in [0.1, 0.15) is 11.9 Å². The molecule has 6 heteroatoms. The second kappa shape index (κ2) is 5.52. The van der Waals surface area contributed by atoms with Crippen molar-refractivity contribution in [2.24, 2.45) is 0 Å². The van der Waals surface area contributed by atoms with Gasteiger partial charge >= 0.3 is 0 Å². The van der Waals surface area contributed by atoms with Gasteiger partial charge < -0.3 is 14.9 Å². The Morgan fingerprint density at radius 3 is 2.58 bits per heavy atom. The van der Waals surface area contributed by atoms with E-state index in [2.05, 4.69) is 4.98 Å². The van der Waals surface area contributed by atoms with Crippen LogP contribution in [0.5, 0.6) is 5.75 Å². The maximum Gasteiger partial charge on any atom is 0.181 e. The number of aromatic nitrogens is 1. The first-order valence-corrected chi connectivity index (χ1v) is 5.78. The van der Waals surface area contributed by atoms with Gasteiger partial charge in [-0.2, -0.15) is 0 Å². The Hall–Kier alpha value is -1.69. The second-order valence-electron chi connectivity index (χ2n) is 3.77. The molecule has 4 nitrogen and oxygen atoms in total. The van der Waals surface area contributed by atoms with Crippen LogP contribution in [-0.2, 0) is 0 Å². The first kappa shape index (κ1) is 13.7. The predicted octanol–water partition coefficient (Wildman–Crippen LogP) is 2.53. The lowest BCUT2D eigenvalue weighted by Crippen LogP contribution is -1.99. The Morgan fingerprint density at radius 2 is 2.00 bits per heavy atom. The summed E-state index contributed by atoms with van der Waals surface area (Å²) in [5.41, 5.74) is 0.569. The molecule has 0 bridgehead atoms. The maximum absolute atomic E-state index is 14.0. The molecule has 0 aliphatic heterocycles. The third-order valence-corrected chi connectivity index (χ3v) is 2.92. The first-order chi connectivity index (χ1) is 9.04. The van der Waals surface area contributed by atoms with Gasteiger partial charge in [-0.05, 0) is 24.3 Å². The van der Waals surface area contributed by atoms with Gasteiger partial charge in [-0.3, -0.25) is 0 Å². The highest BCUT2D eigenvalue weighted by atomic mass is 35.5. The fourth-order valence-corrected chi connectivity index (χ4v) is 1.91. The van der Waals surface area contributed by atoms with Gasteiger partial charge in [0.2, 0.25) is 0 Å². The van der Waals surface area contributed by atoms with Gasteiger partial charge in [-0.1, -0.05) is 17.7 Å². The lowest BCUT2D eigenvalue weighted by atomic mass is 10.1. The third-order valence-electron chi connectivity index (χ3n) is 2.61. The Kier molecular flexibility index (Phi) is 3.99. The van der Waals surface area contributed by atoms with Crippen molar-refractivity contribution >= 4 is 11.6 Å². The second-order valence-corrected chi connectivity index (χ2v) is 4.13. The van der Waals surface area contributed by atoms with E-state index in [0.29, 0.717) is 0 Å². The molecule has 0 fully saturated rings. The summed E-state index contributed by atoms with van der Waals surface area (Å²) in [6.07, 6.45) is -1.72. The van der Waals surface area contributed by atoms with Gasteiger partial charge in [-0.15, -0.1) is 0 Å². The standard InChI is InChI=1S/C13H11ClFNO3/c1-19-10-4-2-3-7(11(10)15)9-6-5-8(13(17)18)12(14)16-9/h2-6,13,17-18H,1H3. The number of ether oxygens (including phenoxy) is 1. The van der Waals surface area contributed by atoms with Crippen LogP contribution in [0, 0.1) is 5.82 Å². The van der Waals surface area contributed by atoms with Crippen molar-refractivity contribution in [1.82, 2.24) is 4.98 Å². The zero-order valence-electron chi connectivity index (χ0n) is 9.97. The summed E-state index contributed by atoms with van der Waals surface area (Å²) in [6, 6.07) is 7.49. The quantitative estimate of drug-likeness (QED) is 0.671. The number of hydrogen-bond acceptors (Lipinski definition) is 4. The van der Waals surface area contributed by atoms with Crippen molar-refractivity contribution < 1.29 is 19.3 Å². The Morgan fingerprint density at radius 1 is 1.26 bits per heavy atom. The zero-order chi connectivity index (χ0) is 14.0. The number of benzene rings is 1. The molecule has 0 saturated carbocycles. The van der Waals surface area contributed by atoms with E-state index in [-0.39, 0.29) is 27.7 Å². The van der Waals surface area contributed by atoms with E-state index >= 15 is 0 Å². The third kappa shape index (κ3) is 2.68. The van der Waals surface area contributed by atoms with Crippen LogP contribution in [0.2, 0.25) is 5.15 Å². The molecule has 0 amide bonds. The number of halogens is 2. The summed E-state index contributed by atoms with van der Waals surface area (Å²) in [6.45, 7) is 0. The summed E-state index contributed by atoms with van der Waals surface area (Å²) < 4.78 is 18.9. The van der Waals surface area contributed by atoms with E-state index in [1.54, 1.807) is 6.07 Å². The number of hydrogen-bond donors (Lipinski definition) is 2. The minimum atomic E-state index is -1.72. The smallest absolute Gasteiger partial charge is 0.181 e. The van der Waals surface area contributed by atoms with Gasteiger partial charge in [0.1, 0.15) is 5.15 Å². The fourth-order valence-electron chi connectivity index (χ4n) is 1.65. The fraction of sp³-hybridized carbons (Fsp3) is 0.154. The minimum absolute atomic E-state index is 0.0636. The van der Waals surface area contributed by atoms with E-state index in [9.17, 15) is 4.39 Å². The molecule has 0 saturated heterocycles. The van der Waals surface area contributed by atoms with Crippen LogP contribution in [0.15, 0.2) is 30.3 Å². The summed E-state index contributed by atoms with van der Waals surface area (Å²) >= 11 is 5.82. The van der Waals surface area contributed by atoms with E-state index < -0.39 is 12.1 Å². The number of rotatable bonds is 3. The molecule has 100 valence electrons. The molecule has 0 unspecified atom stereocenters. The van der Waals surface area contributed by atoms with Crippen molar-refractivity contribution in [2.45, 2.75) is 6.29 Å². The number of aliphatic hydroxyl groups is 2. The first-order valence-electron chi connectivity index (χ1n) is 5.40. The average molecular weight is 284 g/mol. The monoisotopic (exact) mass is 283 g/mol. The molecule has 2 rings (SSSR count). The molecule has 1 heterocycles. The number of aliphatic hydroxyl groups excluding tert-OH is 1. The minimum Gasteiger partial charge on any atom is -0.494 e. The summed E-state index contributed by atoms with van der Waals surface area (Å²) in [5, 5.41) is 18.0. The molecule has 1 aromatic heterocycles. The van der Waals surface area contributed by atoms with E-state index in [1.165, 1.54) is 31.4 Å². The number of methoxy groups -OCH3 is 1. The molecule has 2 N–H and O–H groups in total. The number of pyridine rings is 1. The van der Waals surface area contributed by atoms with Crippen LogP contribution in [0.25, 0.3) is 11.3 Å². The van der Waals surface area contributed by atoms with Crippen LogP contribution in [0.4, 0.5) is 4.39 Å². The molecule has 0 atom stereocenters. The zero-order valence-corrected chi connectivity index (χ0v) is 10.7. The SMILES string of the molecule is COc1cccc(-c2ccc(C(O)O)c(Cl)n2)c1F. The van der Waals surface area contributed by atoms with Crippen molar-refractivity contribution in [2.75, 3.05) is 7.11 Å². The van der Waals surface area contributed by atoms with Crippen LogP contribution < -0.4 is 4.74 Å². The Balaban J connectivity index is 2.51. The van der Waals surface area contributed by atoms with Gasteiger partial charge in [-0.25, -0.2) is 9.37 Å². The molecule has 0 aliphatic carbocycles. The lowest BCUT2D eigenvalue weighted by Gasteiger charge is -2.10. The van der Waals surface area contributed by atoms with Gasteiger partial charge in [0.25, 0.3) is 0 Å². The molecule has 19 heavy (non-hydrogen) atoms. The Bertz CT molecular complexity index is 604. The molecule has 0 aliphatic rings. The number of nitrogens with zero attached hydrogens (tertiary/aromatic N) is 1. The predicted molar refractivity (Wildman–Crippen MR) is 68.4 cm³/mol. The van der Waals surface area contributed by atoms with E-state index in [0.717, 1.165) is 0 Å². The summed E-state index contributed by atoms with van der Waals surface area (Å²) in [5.74, 6) is -0.451. The van der Waals surface area contributed by atoms with Crippen molar-refractivity contribution in [3.05, 3.63) is 46.9 Å². The molecule has 2 aromatic rings. The van der Waals surface area contributed by atoms with Crippen LogP contribution in [-0.4, -0.2) is 22.3 Å². The summed E-state index contributed by atoms with van der Waals surface area (Å²) in [7, 11) is 1.37. The normalized spacial score (nSPS) is 10.8. The summed E-state index contributed by atoms with van der Waals surface area (Å²) in [4.78, 5) is 3.95. The van der Waals surface area contributed by atoms with Crippen LogP contribution in [0.3, 0.4) is 0 Å². The Labute approximate surface area is 114 Å². The molecular formula is C13H11ClFNO3. The van der Waals surface area contributed by atoms with E-state index in [1.807, 2.05) is 0 Å². The maximum atomic E-state index is 14.0. The van der Waals surface area contributed by atoms with Gasteiger partial charge in [0.05, 0.1) is 12.8 Å². The van der Waals surface area contributed by atoms with Crippen molar-refractivity contribution in [1.29, 1.82) is 0 Å². The highest BCUT2D eigenvalue weighted by Crippen LogP contribution is 2.30. The molecule has 0 radical (unpaired) electrons. The van der Waals surface area contributed by atoms with Crippen LogP contribution >= 0.6 is 11.6 Å². The lowest BCUT2D eigenvalue weighted by molar-refractivity contribution is -0.0426. The molecule has 1 aromatic carbocycles. The van der Waals surface area contributed by atoms with Crippen molar-refractivity contribution in [3.8, 4) is 17.0 Å². The van der Waals surface area contributed by atoms with E-state index in [4.69, 9.17) is 26.6 Å². The molecule has 0 spiro atoms. The average Bonchev–Trinajstić information content (AvgIpc) is 2.38. The van der Waals surface area contributed by atoms with Gasteiger partial charge in [0.15, 0.2) is 17.9 Å². The van der Waals surface area contributed by atoms with Crippen molar-refractivity contribution in [3.63, 3.8) is 0 Å². The highest BCUT2D eigenvalue weighted by Gasteiger charge is 2.15. The molecular weight excluding hydrogens is 273 g/mol. The largest absolute Gasteiger partial charge is 0.494 e.